The third-order valence-electron chi connectivity index (χ3n) is 2.61. The SMILES string of the molecule is NC[C@@H]1C[C@@H](F)CN1Cc1ccon1. The second-order valence-corrected chi connectivity index (χ2v) is 3.64. The number of rotatable bonds is 3. The van der Waals surface area contributed by atoms with Crippen LogP contribution in [0.15, 0.2) is 16.9 Å². The average Bonchev–Trinajstić information content (AvgIpc) is 2.76. The molecule has 4 nitrogen and oxygen atoms in total. The molecule has 14 heavy (non-hydrogen) atoms. The maximum Gasteiger partial charge on any atom is 0.124 e. The highest BCUT2D eigenvalue weighted by molar-refractivity contribution is 4.98. The van der Waals surface area contributed by atoms with E-state index in [1.165, 1.54) is 6.26 Å². The number of alkyl halides is 1. The minimum atomic E-state index is -0.754. The summed E-state index contributed by atoms with van der Waals surface area (Å²) >= 11 is 0. The van der Waals surface area contributed by atoms with Crippen molar-refractivity contribution in [2.75, 3.05) is 13.1 Å². The topological polar surface area (TPSA) is 55.3 Å². The minimum absolute atomic E-state index is 0.140. The molecule has 0 amide bonds. The lowest BCUT2D eigenvalue weighted by Gasteiger charge is -2.20. The molecule has 1 saturated heterocycles. The monoisotopic (exact) mass is 199 g/mol. The molecule has 0 bridgehead atoms. The number of halogens is 1. The van der Waals surface area contributed by atoms with Crippen LogP contribution in [0.2, 0.25) is 0 Å². The molecule has 2 heterocycles. The van der Waals surface area contributed by atoms with Gasteiger partial charge in [-0.2, -0.15) is 0 Å². The average molecular weight is 199 g/mol. The Kier molecular flexibility index (Phi) is 2.79. The number of hydrogen-bond donors (Lipinski definition) is 1. The number of hydrogen-bond acceptors (Lipinski definition) is 4. The van der Waals surface area contributed by atoms with Crippen molar-refractivity contribution in [3.8, 4) is 0 Å². The summed E-state index contributed by atoms with van der Waals surface area (Å²) in [7, 11) is 0. The first-order chi connectivity index (χ1) is 6.79. The van der Waals surface area contributed by atoms with Crippen molar-refractivity contribution >= 4 is 0 Å². The van der Waals surface area contributed by atoms with E-state index in [1.807, 2.05) is 4.90 Å². The quantitative estimate of drug-likeness (QED) is 0.772. The van der Waals surface area contributed by atoms with Gasteiger partial charge in [0.25, 0.3) is 0 Å². The molecule has 0 aromatic carbocycles. The van der Waals surface area contributed by atoms with Crippen LogP contribution in [-0.4, -0.2) is 35.4 Å². The Morgan fingerprint density at radius 2 is 2.57 bits per heavy atom. The molecular formula is C9H14FN3O. The molecule has 1 aromatic rings. The first-order valence-corrected chi connectivity index (χ1v) is 4.77. The Bertz CT molecular complexity index is 278. The molecule has 1 aromatic heterocycles. The third-order valence-corrected chi connectivity index (χ3v) is 2.61. The van der Waals surface area contributed by atoms with Gasteiger partial charge in [-0.3, -0.25) is 4.90 Å². The fourth-order valence-corrected chi connectivity index (χ4v) is 1.89. The zero-order valence-electron chi connectivity index (χ0n) is 7.90. The van der Waals surface area contributed by atoms with Crippen molar-refractivity contribution in [2.24, 2.45) is 5.73 Å². The van der Waals surface area contributed by atoms with Crippen molar-refractivity contribution in [3.63, 3.8) is 0 Å². The molecule has 0 unspecified atom stereocenters. The standard InChI is InChI=1S/C9H14FN3O/c10-7-3-9(4-11)13(5-7)6-8-1-2-14-12-8/h1-2,7,9H,3-6,11H2/t7-,9+/m1/s1. The summed E-state index contributed by atoms with van der Waals surface area (Å²) in [6.45, 7) is 1.58. The van der Waals surface area contributed by atoms with E-state index in [4.69, 9.17) is 10.3 Å². The van der Waals surface area contributed by atoms with Gasteiger partial charge in [-0.15, -0.1) is 0 Å². The van der Waals surface area contributed by atoms with Crippen LogP contribution >= 0.6 is 0 Å². The smallest absolute Gasteiger partial charge is 0.124 e. The van der Waals surface area contributed by atoms with Crippen molar-refractivity contribution in [1.82, 2.24) is 10.1 Å². The Hall–Kier alpha value is -0.940. The lowest BCUT2D eigenvalue weighted by molar-refractivity contribution is 0.231. The molecule has 2 atom stereocenters. The van der Waals surface area contributed by atoms with E-state index in [-0.39, 0.29) is 6.04 Å². The molecule has 1 fully saturated rings. The Morgan fingerprint density at radius 3 is 3.21 bits per heavy atom. The largest absolute Gasteiger partial charge is 0.364 e. The lowest BCUT2D eigenvalue weighted by atomic mass is 10.2. The van der Waals surface area contributed by atoms with Crippen LogP contribution in [0.25, 0.3) is 0 Å². The van der Waals surface area contributed by atoms with Crippen molar-refractivity contribution in [2.45, 2.75) is 25.2 Å². The van der Waals surface area contributed by atoms with Gasteiger partial charge >= 0.3 is 0 Å². The number of nitrogens with two attached hydrogens (primary N) is 1. The second-order valence-electron chi connectivity index (χ2n) is 3.64. The van der Waals surface area contributed by atoms with E-state index in [0.29, 0.717) is 26.1 Å². The van der Waals surface area contributed by atoms with Crippen LogP contribution in [0.4, 0.5) is 4.39 Å². The summed E-state index contributed by atoms with van der Waals surface area (Å²) < 4.78 is 17.8. The van der Waals surface area contributed by atoms with Gasteiger partial charge in [-0.05, 0) is 6.42 Å². The summed E-state index contributed by atoms with van der Waals surface area (Å²) in [4.78, 5) is 2.02. The first kappa shape index (κ1) is 9.61. The Balaban J connectivity index is 1.97. The maximum atomic E-state index is 13.1. The van der Waals surface area contributed by atoms with Crippen LogP contribution in [0.5, 0.6) is 0 Å². The van der Waals surface area contributed by atoms with Crippen molar-refractivity contribution < 1.29 is 8.91 Å². The molecular weight excluding hydrogens is 185 g/mol. The van der Waals surface area contributed by atoms with Crippen LogP contribution in [0.1, 0.15) is 12.1 Å². The number of aromatic nitrogens is 1. The molecule has 2 rings (SSSR count). The lowest BCUT2D eigenvalue weighted by Crippen LogP contribution is -2.34. The predicted octanol–water partition coefficient (Wildman–Crippen LogP) is 0.546. The molecule has 0 spiro atoms. The van der Waals surface area contributed by atoms with Crippen LogP contribution < -0.4 is 5.73 Å². The summed E-state index contributed by atoms with van der Waals surface area (Å²) in [5.74, 6) is 0. The molecule has 78 valence electrons. The highest BCUT2D eigenvalue weighted by Gasteiger charge is 2.31. The highest BCUT2D eigenvalue weighted by Crippen LogP contribution is 2.21. The number of nitrogens with zero attached hydrogens (tertiary/aromatic N) is 2. The molecule has 5 heteroatoms. The third kappa shape index (κ3) is 1.93. The second kappa shape index (κ2) is 4.06. The van der Waals surface area contributed by atoms with E-state index in [0.717, 1.165) is 5.69 Å². The Labute approximate surface area is 81.8 Å². The highest BCUT2D eigenvalue weighted by atomic mass is 19.1. The van der Waals surface area contributed by atoms with E-state index in [2.05, 4.69) is 5.16 Å². The van der Waals surface area contributed by atoms with Crippen LogP contribution in [-0.2, 0) is 6.54 Å². The molecule has 0 saturated carbocycles. The molecule has 1 aliphatic heterocycles. The maximum absolute atomic E-state index is 13.1. The van der Waals surface area contributed by atoms with Gasteiger partial charge < -0.3 is 10.3 Å². The molecule has 1 aliphatic rings. The van der Waals surface area contributed by atoms with E-state index >= 15 is 0 Å². The van der Waals surface area contributed by atoms with E-state index in [1.54, 1.807) is 6.07 Å². The van der Waals surface area contributed by atoms with Gasteiger partial charge in [0.1, 0.15) is 12.4 Å². The fraction of sp³-hybridized carbons (Fsp3) is 0.667. The van der Waals surface area contributed by atoms with Gasteiger partial charge in [0.2, 0.25) is 0 Å². The Morgan fingerprint density at radius 1 is 1.71 bits per heavy atom. The van der Waals surface area contributed by atoms with Crippen LogP contribution in [0.3, 0.4) is 0 Å². The van der Waals surface area contributed by atoms with Gasteiger partial charge in [-0.1, -0.05) is 5.16 Å². The van der Waals surface area contributed by atoms with E-state index < -0.39 is 6.17 Å². The minimum Gasteiger partial charge on any atom is -0.364 e. The van der Waals surface area contributed by atoms with Gasteiger partial charge in [0.15, 0.2) is 0 Å². The summed E-state index contributed by atoms with van der Waals surface area (Å²) in [5.41, 5.74) is 6.39. The van der Waals surface area contributed by atoms with Crippen molar-refractivity contribution in [3.05, 3.63) is 18.0 Å². The van der Waals surface area contributed by atoms with Gasteiger partial charge in [0.05, 0.1) is 5.69 Å². The van der Waals surface area contributed by atoms with Crippen LogP contribution in [0, 0.1) is 0 Å². The zero-order chi connectivity index (χ0) is 9.97. The number of likely N-dealkylation sites (tertiary alicyclic amines) is 1. The molecule has 0 aliphatic carbocycles. The van der Waals surface area contributed by atoms with Gasteiger partial charge in [0, 0.05) is 31.7 Å². The van der Waals surface area contributed by atoms with E-state index in [9.17, 15) is 4.39 Å². The predicted molar refractivity (Wildman–Crippen MR) is 49.3 cm³/mol. The molecule has 2 N–H and O–H groups in total. The zero-order valence-corrected chi connectivity index (χ0v) is 7.90. The first-order valence-electron chi connectivity index (χ1n) is 4.77. The van der Waals surface area contributed by atoms with Gasteiger partial charge in [-0.25, -0.2) is 4.39 Å². The summed E-state index contributed by atoms with van der Waals surface area (Å²) in [5, 5.41) is 3.79. The fourth-order valence-electron chi connectivity index (χ4n) is 1.89. The van der Waals surface area contributed by atoms with Crippen molar-refractivity contribution in [1.29, 1.82) is 0 Å². The summed E-state index contributed by atoms with van der Waals surface area (Å²) in [6, 6.07) is 1.93. The normalized spacial score (nSPS) is 28.4. The molecule has 0 radical (unpaired) electrons. The summed E-state index contributed by atoms with van der Waals surface area (Å²) in [6.07, 6.45) is 1.31.